The fourth-order valence-corrected chi connectivity index (χ4v) is 3.59. The van der Waals surface area contributed by atoms with Gasteiger partial charge in [0.2, 0.25) is 0 Å². The predicted octanol–water partition coefficient (Wildman–Crippen LogP) is 2.19. The first-order valence-electron chi connectivity index (χ1n) is 8.62. The van der Waals surface area contributed by atoms with Crippen molar-refractivity contribution in [1.82, 2.24) is 9.88 Å². The van der Waals surface area contributed by atoms with Crippen LogP contribution in [0.15, 0.2) is 18.2 Å². The number of aromatic nitrogens is 1. The number of ether oxygens (including phenoxy) is 2. The fraction of sp³-hybridized carbons (Fsp3) is 0.667. The summed E-state index contributed by atoms with van der Waals surface area (Å²) in [6, 6.07) is 5.58. The lowest BCUT2D eigenvalue weighted by atomic mass is 9.98. The first-order valence-corrected chi connectivity index (χ1v) is 8.62. The maximum atomic E-state index is 12.6. The van der Waals surface area contributed by atoms with Crippen molar-refractivity contribution in [3.05, 3.63) is 29.6 Å². The van der Waals surface area contributed by atoms with Gasteiger partial charge in [0.15, 0.2) is 0 Å². The van der Waals surface area contributed by atoms with E-state index < -0.39 is 0 Å². The highest BCUT2D eigenvalue weighted by Gasteiger charge is 2.47. The zero-order chi connectivity index (χ0) is 15.9. The summed E-state index contributed by atoms with van der Waals surface area (Å²) < 4.78 is 12.0. The Kier molecular flexibility index (Phi) is 3.85. The molecule has 3 heterocycles. The molecular weight excluding hydrogens is 292 g/mol. The van der Waals surface area contributed by atoms with Crippen molar-refractivity contribution in [3.8, 4) is 0 Å². The first-order chi connectivity index (χ1) is 11.1. The van der Waals surface area contributed by atoms with Crippen molar-refractivity contribution in [1.29, 1.82) is 0 Å². The smallest absolute Gasteiger partial charge is 0.272 e. The summed E-state index contributed by atoms with van der Waals surface area (Å²) >= 11 is 0. The number of carbonyl (C=O) groups is 1. The topological polar surface area (TPSA) is 51.7 Å². The van der Waals surface area contributed by atoms with Crippen molar-refractivity contribution in [3.63, 3.8) is 0 Å². The second-order valence-corrected chi connectivity index (χ2v) is 7.24. The van der Waals surface area contributed by atoms with Crippen LogP contribution in [0.4, 0.5) is 0 Å². The Bertz CT molecular complexity index is 602. The van der Waals surface area contributed by atoms with Gasteiger partial charge in [-0.3, -0.25) is 4.79 Å². The lowest BCUT2D eigenvalue weighted by Crippen LogP contribution is -2.36. The van der Waals surface area contributed by atoms with Gasteiger partial charge in [0.25, 0.3) is 5.91 Å². The summed E-state index contributed by atoms with van der Waals surface area (Å²) in [5, 5.41) is 0. The highest BCUT2D eigenvalue weighted by atomic mass is 16.6. The second-order valence-electron chi connectivity index (χ2n) is 7.24. The molecule has 1 aliphatic carbocycles. The largest absolute Gasteiger partial charge is 0.375 e. The average molecular weight is 316 g/mol. The zero-order valence-electron chi connectivity index (χ0n) is 13.7. The predicted molar refractivity (Wildman–Crippen MR) is 85.3 cm³/mol. The molecule has 3 fully saturated rings. The van der Waals surface area contributed by atoms with Crippen LogP contribution >= 0.6 is 0 Å². The van der Waals surface area contributed by atoms with Crippen molar-refractivity contribution in [2.24, 2.45) is 5.92 Å². The van der Waals surface area contributed by atoms with Gasteiger partial charge in [-0.25, -0.2) is 4.98 Å². The Morgan fingerprint density at radius 3 is 3.13 bits per heavy atom. The number of hydrogen-bond donors (Lipinski definition) is 0. The number of hydrogen-bond acceptors (Lipinski definition) is 4. The quantitative estimate of drug-likeness (QED) is 0.854. The number of carbonyl (C=O) groups excluding carboxylic acids is 1. The van der Waals surface area contributed by atoms with E-state index in [4.69, 9.17) is 9.47 Å². The van der Waals surface area contributed by atoms with E-state index >= 15 is 0 Å². The number of likely N-dealkylation sites (tertiary alicyclic amines) is 1. The normalized spacial score (nSPS) is 30.3. The third kappa shape index (κ3) is 3.26. The van der Waals surface area contributed by atoms with Gasteiger partial charge in [0.1, 0.15) is 5.69 Å². The van der Waals surface area contributed by atoms with E-state index in [1.54, 1.807) is 6.07 Å². The van der Waals surface area contributed by atoms with Gasteiger partial charge in [0.05, 0.1) is 24.9 Å². The molecule has 124 valence electrons. The van der Waals surface area contributed by atoms with Gasteiger partial charge in [-0.05, 0) is 44.2 Å². The number of pyridine rings is 1. The Morgan fingerprint density at radius 2 is 2.35 bits per heavy atom. The van der Waals surface area contributed by atoms with E-state index in [1.165, 1.54) is 12.8 Å². The van der Waals surface area contributed by atoms with E-state index in [0.717, 1.165) is 37.6 Å². The molecule has 5 nitrogen and oxygen atoms in total. The lowest BCUT2D eigenvalue weighted by molar-refractivity contribution is 0.00153. The number of amides is 1. The molecule has 0 aromatic carbocycles. The Morgan fingerprint density at radius 1 is 1.48 bits per heavy atom. The molecule has 1 aromatic rings. The number of aryl methyl sites for hydroxylation is 1. The van der Waals surface area contributed by atoms with Crippen LogP contribution in [0.2, 0.25) is 0 Å². The van der Waals surface area contributed by atoms with E-state index in [9.17, 15) is 4.79 Å². The number of nitrogens with zero attached hydrogens (tertiary/aromatic N) is 2. The standard InChI is InChI=1S/C18H24N2O3/c1-13-3-2-4-16(19-13)17(21)20-8-7-18(12-20)9-15(11-23-18)22-10-14-5-6-14/h2-4,14-15H,5-12H2,1H3/t15-,18+/m0/s1. The third-order valence-corrected chi connectivity index (χ3v) is 5.15. The van der Waals surface area contributed by atoms with E-state index in [2.05, 4.69) is 4.98 Å². The van der Waals surface area contributed by atoms with Crippen LogP contribution < -0.4 is 0 Å². The van der Waals surface area contributed by atoms with Gasteiger partial charge in [0, 0.05) is 25.3 Å². The highest BCUT2D eigenvalue weighted by molar-refractivity contribution is 5.92. The van der Waals surface area contributed by atoms with Gasteiger partial charge in [-0.15, -0.1) is 0 Å². The molecule has 0 radical (unpaired) electrons. The van der Waals surface area contributed by atoms with E-state index in [-0.39, 0.29) is 17.6 Å². The summed E-state index contributed by atoms with van der Waals surface area (Å²) in [6.45, 7) is 4.84. The average Bonchev–Trinajstić information content (AvgIpc) is 3.17. The first kappa shape index (κ1) is 15.1. The summed E-state index contributed by atoms with van der Waals surface area (Å²) in [5.41, 5.74) is 1.20. The van der Waals surface area contributed by atoms with Gasteiger partial charge in [-0.2, -0.15) is 0 Å². The Hall–Kier alpha value is -1.46. The maximum absolute atomic E-state index is 12.6. The van der Waals surface area contributed by atoms with Crippen LogP contribution in [0, 0.1) is 12.8 Å². The maximum Gasteiger partial charge on any atom is 0.272 e. The molecule has 3 aliphatic rings. The molecule has 0 bridgehead atoms. The van der Waals surface area contributed by atoms with E-state index in [1.807, 2.05) is 24.0 Å². The van der Waals surface area contributed by atoms with Crippen LogP contribution in [0.3, 0.4) is 0 Å². The van der Waals surface area contributed by atoms with Crippen LogP contribution in [-0.4, -0.2) is 53.8 Å². The summed E-state index contributed by atoms with van der Waals surface area (Å²) in [7, 11) is 0. The molecule has 4 rings (SSSR count). The van der Waals surface area contributed by atoms with Crippen LogP contribution in [-0.2, 0) is 9.47 Å². The molecular formula is C18H24N2O3. The van der Waals surface area contributed by atoms with Gasteiger partial charge < -0.3 is 14.4 Å². The van der Waals surface area contributed by atoms with Crippen molar-refractivity contribution < 1.29 is 14.3 Å². The number of rotatable bonds is 4. The summed E-state index contributed by atoms with van der Waals surface area (Å²) in [4.78, 5) is 18.8. The van der Waals surface area contributed by atoms with Crippen molar-refractivity contribution in [2.75, 3.05) is 26.3 Å². The molecule has 0 unspecified atom stereocenters. The molecule has 5 heteroatoms. The summed E-state index contributed by atoms with van der Waals surface area (Å²) in [6.07, 6.45) is 4.62. The molecule has 1 aromatic heterocycles. The second kappa shape index (κ2) is 5.87. The molecule has 2 saturated heterocycles. The van der Waals surface area contributed by atoms with Crippen molar-refractivity contribution >= 4 is 5.91 Å². The molecule has 2 atom stereocenters. The minimum absolute atomic E-state index is 0.0107. The van der Waals surface area contributed by atoms with Crippen molar-refractivity contribution in [2.45, 2.75) is 44.3 Å². The van der Waals surface area contributed by atoms with Crippen LogP contribution in [0.1, 0.15) is 41.9 Å². The lowest BCUT2D eigenvalue weighted by Gasteiger charge is -2.23. The molecule has 23 heavy (non-hydrogen) atoms. The summed E-state index contributed by atoms with van der Waals surface area (Å²) in [5.74, 6) is 0.789. The SMILES string of the molecule is Cc1cccc(C(=O)N2CC[C@@]3(C[C@H](OCC4CC4)CO3)C2)n1. The molecule has 2 aliphatic heterocycles. The molecule has 0 N–H and O–H groups in total. The highest BCUT2D eigenvalue weighted by Crippen LogP contribution is 2.38. The van der Waals surface area contributed by atoms with Crippen LogP contribution in [0.25, 0.3) is 0 Å². The Balaban J connectivity index is 1.36. The van der Waals surface area contributed by atoms with Gasteiger partial charge >= 0.3 is 0 Å². The van der Waals surface area contributed by atoms with Gasteiger partial charge in [-0.1, -0.05) is 6.07 Å². The van der Waals surface area contributed by atoms with Crippen LogP contribution in [0.5, 0.6) is 0 Å². The minimum Gasteiger partial charge on any atom is -0.375 e. The zero-order valence-corrected chi connectivity index (χ0v) is 13.7. The fourth-order valence-electron chi connectivity index (χ4n) is 3.59. The minimum atomic E-state index is -0.201. The molecule has 1 saturated carbocycles. The molecule has 1 spiro atoms. The Labute approximate surface area is 137 Å². The monoisotopic (exact) mass is 316 g/mol. The third-order valence-electron chi connectivity index (χ3n) is 5.15. The van der Waals surface area contributed by atoms with E-state index in [0.29, 0.717) is 18.8 Å². The molecule has 1 amide bonds.